The van der Waals surface area contributed by atoms with E-state index in [2.05, 4.69) is 12.4 Å². The normalized spacial score (nSPS) is 26.5. The van der Waals surface area contributed by atoms with E-state index in [1.807, 2.05) is 6.08 Å². The van der Waals surface area contributed by atoms with Crippen LogP contribution in [0.1, 0.15) is 19.3 Å². The van der Waals surface area contributed by atoms with Crippen LogP contribution in [0.4, 0.5) is 0 Å². The predicted molar refractivity (Wildman–Crippen MR) is 45.3 cm³/mol. The number of hydrogen-bond donors (Lipinski definition) is 0. The summed E-state index contributed by atoms with van der Waals surface area (Å²) in [7, 11) is 0. The van der Waals surface area contributed by atoms with Gasteiger partial charge in [-0.2, -0.15) is 0 Å². The van der Waals surface area contributed by atoms with Gasteiger partial charge in [0.2, 0.25) is 0 Å². The van der Waals surface area contributed by atoms with Crippen molar-refractivity contribution in [2.24, 2.45) is 0 Å². The Hall–Kier alpha value is 0.232. The summed E-state index contributed by atoms with van der Waals surface area (Å²) < 4.78 is 5.79. The maximum atomic E-state index is 5.79. The Morgan fingerprint density at radius 3 is 3.20 bits per heavy atom. The predicted octanol–water partition coefficient (Wildman–Crippen LogP) is 2.36. The molecular weight excluding hydrogens is 139 g/mol. The van der Waals surface area contributed by atoms with Crippen LogP contribution >= 0.6 is 0 Å². The molecule has 1 atom stereocenters. The molecule has 0 bridgehead atoms. The molecule has 1 heterocycles. The minimum absolute atomic E-state index is 0.521. The van der Waals surface area contributed by atoms with Crippen LogP contribution in [0.2, 0.25) is 11.1 Å². The van der Waals surface area contributed by atoms with Crippen LogP contribution < -0.4 is 0 Å². The minimum atomic E-state index is -0.732. The van der Waals surface area contributed by atoms with Gasteiger partial charge in [-0.1, -0.05) is 23.6 Å². The lowest BCUT2D eigenvalue weighted by atomic mass is 10.1. The van der Waals surface area contributed by atoms with E-state index < -0.39 is 14.5 Å². The second-order valence-electron chi connectivity index (χ2n) is 3.02. The van der Waals surface area contributed by atoms with Crippen LogP contribution in [0, 0.1) is 0 Å². The van der Waals surface area contributed by atoms with Crippen molar-refractivity contribution < 1.29 is 3.79 Å². The summed E-state index contributed by atoms with van der Waals surface area (Å²) in [4.78, 5) is 0. The summed E-state index contributed by atoms with van der Waals surface area (Å²) in [5, 5.41) is 1.37. The summed E-state index contributed by atoms with van der Waals surface area (Å²) >= 11 is -0.732. The Morgan fingerprint density at radius 2 is 2.60 bits per heavy atom. The monoisotopic (exact) mass is 154 g/mol. The topological polar surface area (TPSA) is 9.23 Å². The molecule has 0 aliphatic carbocycles. The molecule has 1 aliphatic heterocycles. The molecule has 10 heavy (non-hydrogen) atoms. The van der Waals surface area contributed by atoms with E-state index in [1.54, 1.807) is 0 Å². The summed E-state index contributed by atoms with van der Waals surface area (Å²) in [5.74, 6) is 2.29. The highest BCUT2D eigenvalue weighted by atomic mass is 27.2. The third kappa shape index (κ3) is 2.46. The molecule has 1 nitrogen and oxygen atoms in total. The fraction of sp³-hybridized carbons (Fsp3) is 0.750. The minimum Gasteiger partial charge on any atom is -0.498 e. The zero-order valence-electron chi connectivity index (χ0n) is 6.68. The van der Waals surface area contributed by atoms with Crippen LogP contribution in [-0.2, 0) is 3.79 Å². The molecule has 1 aliphatic rings. The van der Waals surface area contributed by atoms with Gasteiger partial charge in [0, 0.05) is 6.10 Å². The van der Waals surface area contributed by atoms with Crippen LogP contribution in [0.15, 0.2) is 12.7 Å². The van der Waals surface area contributed by atoms with E-state index in [9.17, 15) is 0 Å². The van der Waals surface area contributed by atoms with Crippen molar-refractivity contribution in [3.8, 4) is 0 Å². The van der Waals surface area contributed by atoms with Gasteiger partial charge in [0.05, 0.1) is 0 Å². The Kier molecular flexibility index (Phi) is 3.48. The Morgan fingerprint density at radius 1 is 1.80 bits per heavy atom. The first-order chi connectivity index (χ1) is 4.83. The van der Waals surface area contributed by atoms with Crippen LogP contribution in [0.25, 0.3) is 0 Å². The zero-order chi connectivity index (χ0) is 7.40. The molecular formula is C8H15AlO. The van der Waals surface area contributed by atoms with Gasteiger partial charge in [0.1, 0.15) is 0 Å². The van der Waals surface area contributed by atoms with E-state index in [0.717, 1.165) is 6.42 Å². The Balaban J connectivity index is 2.24. The van der Waals surface area contributed by atoms with Crippen LogP contribution in [0.3, 0.4) is 0 Å². The Bertz CT molecular complexity index is 114. The van der Waals surface area contributed by atoms with Crippen molar-refractivity contribution in [1.82, 2.24) is 0 Å². The highest BCUT2D eigenvalue weighted by Crippen LogP contribution is 2.19. The highest BCUT2D eigenvalue weighted by Gasteiger charge is 2.22. The van der Waals surface area contributed by atoms with Crippen LogP contribution in [0.5, 0.6) is 0 Å². The van der Waals surface area contributed by atoms with Crippen molar-refractivity contribution in [1.29, 1.82) is 0 Å². The highest BCUT2D eigenvalue weighted by molar-refractivity contribution is 6.50. The van der Waals surface area contributed by atoms with Gasteiger partial charge in [-0.25, -0.2) is 0 Å². The smallest absolute Gasteiger partial charge is 0.457 e. The van der Waals surface area contributed by atoms with Gasteiger partial charge in [0.25, 0.3) is 0 Å². The maximum Gasteiger partial charge on any atom is 0.457 e. The second kappa shape index (κ2) is 4.18. The quantitative estimate of drug-likeness (QED) is 0.438. The molecule has 0 radical (unpaired) electrons. The molecule has 2 heteroatoms. The van der Waals surface area contributed by atoms with Crippen molar-refractivity contribution in [2.75, 3.05) is 0 Å². The lowest BCUT2D eigenvalue weighted by molar-refractivity contribution is 0.175. The lowest BCUT2D eigenvalue weighted by Gasteiger charge is -2.25. The first-order valence-electron chi connectivity index (χ1n) is 4.09. The molecule has 1 rings (SSSR count). The third-order valence-corrected chi connectivity index (χ3v) is 4.06. The summed E-state index contributed by atoms with van der Waals surface area (Å²) in [6.07, 6.45) is 6.18. The average Bonchev–Trinajstić information content (AvgIpc) is 1.88. The molecule has 0 N–H and O–H groups in total. The second-order valence-corrected chi connectivity index (χ2v) is 5.49. The van der Waals surface area contributed by atoms with Crippen LogP contribution in [-0.4, -0.2) is 20.6 Å². The molecule has 0 saturated carbocycles. The maximum absolute atomic E-state index is 5.79. The number of hydrogen-bond acceptors (Lipinski definition) is 1. The first-order valence-corrected chi connectivity index (χ1v) is 6.53. The SMILES string of the molecule is C=CCC1CC[CH2][Al]([CH3])[O]1. The fourth-order valence-corrected chi connectivity index (χ4v) is 3.31. The summed E-state index contributed by atoms with van der Waals surface area (Å²) in [5.41, 5.74) is 0. The molecule has 56 valence electrons. The molecule has 0 aromatic rings. The van der Waals surface area contributed by atoms with Gasteiger partial charge in [-0.3, -0.25) is 0 Å². The standard InChI is InChI=1S/C7H12O.CH3.Al/c1-3-5-7(8)6-4-2;;/h3,7H,1-2,4-6H2;1H3;/q-1;;+1. The molecule has 0 aromatic carbocycles. The number of rotatable bonds is 2. The first kappa shape index (κ1) is 8.33. The van der Waals surface area contributed by atoms with E-state index in [0.29, 0.717) is 6.10 Å². The van der Waals surface area contributed by atoms with E-state index >= 15 is 0 Å². The third-order valence-electron chi connectivity index (χ3n) is 1.99. The van der Waals surface area contributed by atoms with E-state index in [4.69, 9.17) is 3.79 Å². The van der Waals surface area contributed by atoms with E-state index in [1.165, 1.54) is 18.1 Å². The molecule has 0 amide bonds. The largest absolute Gasteiger partial charge is 0.498 e. The van der Waals surface area contributed by atoms with Gasteiger partial charge in [-0.05, 0) is 12.8 Å². The lowest BCUT2D eigenvalue weighted by Crippen LogP contribution is -2.27. The van der Waals surface area contributed by atoms with Crippen molar-refractivity contribution in [3.05, 3.63) is 12.7 Å². The Labute approximate surface area is 67.8 Å². The molecule has 1 fully saturated rings. The van der Waals surface area contributed by atoms with Crippen molar-refractivity contribution in [3.63, 3.8) is 0 Å². The fourth-order valence-electron chi connectivity index (χ4n) is 1.46. The van der Waals surface area contributed by atoms with Crippen molar-refractivity contribution in [2.45, 2.75) is 36.4 Å². The van der Waals surface area contributed by atoms with Gasteiger partial charge in [0.15, 0.2) is 0 Å². The molecule has 1 unspecified atom stereocenters. The molecule has 1 saturated heterocycles. The zero-order valence-corrected chi connectivity index (χ0v) is 7.83. The van der Waals surface area contributed by atoms with Gasteiger partial charge >= 0.3 is 14.5 Å². The van der Waals surface area contributed by atoms with E-state index in [-0.39, 0.29) is 0 Å². The average molecular weight is 154 g/mol. The molecule has 0 aromatic heterocycles. The summed E-state index contributed by atoms with van der Waals surface area (Å²) in [6, 6.07) is 0. The van der Waals surface area contributed by atoms with Crippen molar-refractivity contribution >= 4 is 14.5 Å². The molecule has 0 spiro atoms. The summed E-state index contributed by atoms with van der Waals surface area (Å²) in [6.45, 7) is 3.72. The van der Waals surface area contributed by atoms with Gasteiger partial charge in [-0.15, -0.1) is 6.58 Å². The van der Waals surface area contributed by atoms with Gasteiger partial charge < -0.3 is 3.79 Å².